The Balaban J connectivity index is 1.99. The molecule has 3 unspecified atom stereocenters. The van der Waals surface area contributed by atoms with Crippen LogP contribution in [0.3, 0.4) is 0 Å². The number of rotatable bonds is 5. The van der Waals surface area contributed by atoms with Gasteiger partial charge in [0.2, 0.25) is 0 Å². The second kappa shape index (κ2) is 6.39. The van der Waals surface area contributed by atoms with Crippen LogP contribution in [0, 0.1) is 10.1 Å². The number of thioether (sulfide) groups is 1. The standard InChI is InChI=1S/C14H20N2O2S/c1-10(15-13-4-3-5-14(13)19-2)11-6-8-12(9-7-11)16(17)18/h6-10,13-15H,3-5H2,1-2H3. The van der Waals surface area contributed by atoms with E-state index in [4.69, 9.17) is 0 Å². The molecule has 0 spiro atoms. The zero-order valence-corrected chi connectivity index (χ0v) is 12.2. The summed E-state index contributed by atoms with van der Waals surface area (Å²) < 4.78 is 0. The third kappa shape index (κ3) is 3.48. The zero-order valence-electron chi connectivity index (χ0n) is 11.3. The molecular formula is C14H20N2O2S. The van der Waals surface area contributed by atoms with Crippen LogP contribution in [0.2, 0.25) is 0 Å². The minimum absolute atomic E-state index is 0.152. The number of nitro groups is 1. The zero-order chi connectivity index (χ0) is 13.8. The van der Waals surface area contributed by atoms with Gasteiger partial charge in [-0.1, -0.05) is 18.6 Å². The smallest absolute Gasteiger partial charge is 0.269 e. The van der Waals surface area contributed by atoms with E-state index in [0.29, 0.717) is 11.3 Å². The van der Waals surface area contributed by atoms with Crippen molar-refractivity contribution in [2.45, 2.75) is 43.5 Å². The number of nitrogens with one attached hydrogen (secondary N) is 1. The fourth-order valence-electron chi connectivity index (χ4n) is 2.70. The Morgan fingerprint density at radius 2 is 2.05 bits per heavy atom. The number of hydrogen-bond acceptors (Lipinski definition) is 4. The van der Waals surface area contributed by atoms with Crippen LogP contribution in [0.5, 0.6) is 0 Å². The van der Waals surface area contributed by atoms with Gasteiger partial charge in [0.05, 0.1) is 4.92 Å². The first-order chi connectivity index (χ1) is 9.11. The lowest BCUT2D eigenvalue weighted by molar-refractivity contribution is -0.384. The Labute approximate surface area is 118 Å². The van der Waals surface area contributed by atoms with Crippen molar-refractivity contribution in [2.24, 2.45) is 0 Å². The topological polar surface area (TPSA) is 55.2 Å². The van der Waals surface area contributed by atoms with Crippen molar-refractivity contribution in [3.63, 3.8) is 0 Å². The number of nitrogens with zero attached hydrogens (tertiary/aromatic N) is 1. The van der Waals surface area contributed by atoms with Crippen LogP contribution in [-0.2, 0) is 0 Å². The molecular weight excluding hydrogens is 260 g/mol. The lowest BCUT2D eigenvalue weighted by Crippen LogP contribution is -2.35. The van der Waals surface area contributed by atoms with Gasteiger partial charge in [0.15, 0.2) is 0 Å². The molecule has 2 rings (SSSR count). The second-order valence-corrected chi connectivity index (χ2v) is 6.13. The van der Waals surface area contributed by atoms with E-state index >= 15 is 0 Å². The maximum absolute atomic E-state index is 10.6. The molecule has 0 heterocycles. The van der Waals surface area contributed by atoms with E-state index in [1.165, 1.54) is 19.3 Å². The van der Waals surface area contributed by atoms with Crippen molar-refractivity contribution >= 4 is 17.4 Å². The Morgan fingerprint density at radius 3 is 2.63 bits per heavy atom. The minimum Gasteiger partial charge on any atom is -0.306 e. The quantitative estimate of drug-likeness (QED) is 0.662. The predicted molar refractivity (Wildman–Crippen MR) is 79.6 cm³/mol. The van der Waals surface area contributed by atoms with Crippen LogP contribution in [-0.4, -0.2) is 22.5 Å². The maximum atomic E-state index is 10.6. The Hall–Kier alpha value is -1.07. The van der Waals surface area contributed by atoms with Crippen LogP contribution >= 0.6 is 11.8 Å². The molecule has 1 aliphatic rings. The Bertz CT molecular complexity index is 436. The van der Waals surface area contributed by atoms with Gasteiger partial charge in [-0.15, -0.1) is 0 Å². The summed E-state index contributed by atoms with van der Waals surface area (Å²) in [5.74, 6) is 0. The molecule has 1 fully saturated rings. The molecule has 3 atom stereocenters. The van der Waals surface area contributed by atoms with Gasteiger partial charge in [0, 0.05) is 29.5 Å². The monoisotopic (exact) mass is 280 g/mol. The molecule has 1 aliphatic carbocycles. The predicted octanol–water partition coefficient (Wildman–Crippen LogP) is 3.53. The van der Waals surface area contributed by atoms with E-state index in [1.54, 1.807) is 12.1 Å². The van der Waals surface area contributed by atoms with E-state index in [9.17, 15) is 10.1 Å². The number of non-ortho nitro benzene ring substituents is 1. The van der Waals surface area contributed by atoms with E-state index in [0.717, 1.165) is 5.56 Å². The fraction of sp³-hybridized carbons (Fsp3) is 0.571. The van der Waals surface area contributed by atoms with Gasteiger partial charge in [0.25, 0.3) is 5.69 Å². The fourth-order valence-corrected chi connectivity index (χ4v) is 3.65. The summed E-state index contributed by atoms with van der Waals surface area (Å²) in [6, 6.07) is 7.64. The molecule has 104 valence electrons. The van der Waals surface area contributed by atoms with Crippen molar-refractivity contribution in [1.29, 1.82) is 0 Å². The van der Waals surface area contributed by atoms with Gasteiger partial charge >= 0.3 is 0 Å². The number of hydrogen-bond donors (Lipinski definition) is 1. The van der Waals surface area contributed by atoms with Crippen LogP contribution in [0.4, 0.5) is 5.69 Å². The van der Waals surface area contributed by atoms with E-state index in [-0.39, 0.29) is 16.7 Å². The molecule has 0 bridgehead atoms. The second-order valence-electron chi connectivity index (χ2n) is 5.05. The van der Waals surface area contributed by atoms with Crippen molar-refractivity contribution in [3.8, 4) is 0 Å². The van der Waals surface area contributed by atoms with Crippen LogP contribution in [0.25, 0.3) is 0 Å². The maximum Gasteiger partial charge on any atom is 0.269 e. The normalized spacial score (nSPS) is 24.3. The molecule has 19 heavy (non-hydrogen) atoms. The van der Waals surface area contributed by atoms with Crippen LogP contribution in [0.15, 0.2) is 24.3 Å². The summed E-state index contributed by atoms with van der Waals surface area (Å²) in [7, 11) is 0. The first-order valence-corrected chi connectivity index (χ1v) is 7.94. The number of nitro benzene ring substituents is 1. The van der Waals surface area contributed by atoms with Crippen molar-refractivity contribution in [3.05, 3.63) is 39.9 Å². The summed E-state index contributed by atoms with van der Waals surface area (Å²) in [5.41, 5.74) is 1.26. The molecule has 1 N–H and O–H groups in total. The number of benzene rings is 1. The van der Waals surface area contributed by atoms with Crippen LogP contribution in [0.1, 0.15) is 37.8 Å². The molecule has 1 aromatic carbocycles. The van der Waals surface area contributed by atoms with Gasteiger partial charge in [-0.3, -0.25) is 10.1 Å². The lowest BCUT2D eigenvalue weighted by Gasteiger charge is -2.24. The van der Waals surface area contributed by atoms with Gasteiger partial charge in [-0.05, 0) is 31.6 Å². The summed E-state index contributed by atoms with van der Waals surface area (Å²) in [4.78, 5) is 10.3. The van der Waals surface area contributed by atoms with Crippen molar-refractivity contribution < 1.29 is 4.92 Å². The minimum atomic E-state index is -0.359. The Morgan fingerprint density at radius 1 is 1.37 bits per heavy atom. The highest BCUT2D eigenvalue weighted by molar-refractivity contribution is 7.99. The van der Waals surface area contributed by atoms with E-state index in [1.807, 2.05) is 23.9 Å². The average Bonchev–Trinajstić information content (AvgIpc) is 2.86. The molecule has 0 aliphatic heterocycles. The highest BCUT2D eigenvalue weighted by atomic mass is 32.2. The highest BCUT2D eigenvalue weighted by Crippen LogP contribution is 2.30. The van der Waals surface area contributed by atoms with Gasteiger partial charge in [-0.2, -0.15) is 11.8 Å². The molecule has 5 heteroatoms. The third-order valence-electron chi connectivity index (χ3n) is 3.82. The summed E-state index contributed by atoms with van der Waals surface area (Å²) in [5, 5.41) is 15.0. The molecule has 0 amide bonds. The third-order valence-corrected chi connectivity index (χ3v) is 4.99. The highest BCUT2D eigenvalue weighted by Gasteiger charge is 2.27. The van der Waals surface area contributed by atoms with Crippen molar-refractivity contribution in [2.75, 3.05) is 6.26 Å². The first-order valence-electron chi connectivity index (χ1n) is 6.65. The van der Waals surface area contributed by atoms with Crippen molar-refractivity contribution in [1.82, 2.24) is 5.32 Å². The van der Waals surface area contributed by atoms with Gasteiger partial charge < -0.3 is 5.32 Å². The summed E-state index contributed by atoms with van der Waals surface area (Å²) >= 11 is 1.93. The molecule has 4 nitrogen and oxygen atoms in total. The molecule has 0 aromatic heterocycles. The largest absolute Gasteiger partial charge is 0.306 e. The first kappa shape index (κ1) is 14.3. The molecule has 0 saturated heterocycles. The van der Waals surface area contributed by atoms with E-state index in [2.05, 4.69) is 18.5 Å². The molecule has 0 radical (unpaired) electrons. The van der Waals surface area contributed by atoms with E-state index < -0.39 is 0 Å². The summed E-state index contributed by atoms with van der Waals surface area (Å²) in [6.45, 7) is 2.12. The SMILES string of the molecule is CSC1CCCC1NC(C)c1ccc([N+](=O)[O-])cc1. The van der Waals surface area contributed by atoms with Gasteiger partial charge in [0.1, 0.15) is 0 Å². The molecule has 1 saturated carbocycles. The van der Waals surface area contributed by atoms with Crippen LogP contribution < -0.4 is 5.32 Å². The lowest BCUT2D eigenvalue weighted by atomic mass is 10.1. The summed E-state index contributed by atoms with van der Waals surface area (Å²) in [6.07, 6.45) is 5.96. The van der Waals surface area contributed by atoms with Gasteiger partial charge in [-0.25, -0.2) is 0 Å². The Kier molecular flexibility index (Phi) is 4.82. The average molecular weight is 280 g/mol. The molecule has 1 aromatic rings.